The van der Waals surface area contributed by atoms with Crippen LogP contribution in [0.4, 0.5) is 5.69 Å². The lowest BCUT2D eigenvalue weighted by atomic mass is 10.2. The predicted molar refractivity (Wildman–Crippen MR) is 43.7 cm³/mol. The normalized spacial score (nSPS) is 9.75. The van der Waals surface area contributed by atoms with Gasteiger partial charge >= 0.3 is 0 Å². The summed E-state index contributed by atoms with van der Waals surface area (Å²) in [6.07, 6.45) is 0. The molecule has 0 amide bonds. The van der Waals surface area contributed by atoms with Gasteiger partial charge in [-0.2, -0.15) is 0 Å². The fraction of sp³-hybridized carbons (Fsp3) is 0.143. The van der Waals surface area contributed by atoms with Gasteiger partial charge in [-0.15, -0.1) is 0 Å². The quantitative estimate of drug-likeness (QED) is 0.539. The van der Waals surface area contributed by atoms with E-state index in [4.69, 9.17) is 11.9 Å². The lowest BCUT2D eigenvalue weighted by Gasteiger charge is -1.98. The van der Waals surface area contributed by atoms with Crippen molar-refractivity contribution in [3.63, 3.8) is 0 Å². The standard InChI is InChI=1S/C7H6ClNO3/c8-12-5-6-3-1-2-4-7(6)9(10)11/h1-4H,5H2. The molecule has 4 nitrogen and oxygen atoms in total. The van der Waals surface area contributed by atoms with Crippen molar-refractivity contribution in [2.24, 2.45) is 0 Å². The zero-order valence-electron chi connectivity index (χ0n) is 6.07. The molecular weight excluding hydrogens is 182 g/mol. The Morgan fingerprint density at radius 1 is 1.50 bits per heavy atom. The largest absolute Gasteiger partial charge is 0.274 e. The van der Waals surface area contributed by atoms with Crippen LogP contribution in [0.3, 0.4) is 0 Å². The first-order valence-corrected chi connectivity index (χ1v) is 3.52. The minimum Gasteiger partial charge on any atom is -0.274 e. The summed E-state index contributed by atoms with van der Waals surface area (Å²) < 4.78 is 4.29. The highest BCUT2D eigenvalue weighted by atomic mass is 35.5. The molecule has 0 aliphatic heterocycles. The average Bonchev–Trinajstić information content (AvgIpc) is 2.05. The van der Waals surface area contributed by atoms with Crippen LogP contribution in [-0.2, 0) is 10.9 Å². The fourth-order valence-electron chi connectivity index (χ4n) is 0.870. The number of halogens is 1. The number of para-hydroxylation sites is 1. The summed E-state index contributed by atoms with van der Waals surface area (Å²) in [7, 11) is 0. The fourth-order valence-corrected chi connectivity index (χ4v) is 0.987. The zero-order valence-corrected chi connectivity index (χ0v) is 6.82. The molecule has 0 saturated carbocycles. The lowest BCUT2D eigenvalue weighted by Crippen LogP contribution is -1.94. The molecule has 1 aromatic carbocycles. The van der Waals surface area contributed by atoms with Crippen molar-refractivity contribution in [3.05, 3.63) is 39.9 Å². The van der Waals surface area contributed by atoms with Gasteiger partial charge in [-0.05, 0) is 6.07 Å². The van der Waals surface area contributed by atoms with E-state index in [-0.39, 0.29) is 12.3 Å². The molecule has 0 bridgehead atoms. The van der Waals surface area contributed by atoms with E-state index in [1.807, 2.05) is 0 Å². The first-order chi connectivity index (χ1) is 5.75. The Kier molecular flexibility index (Phi) is 3.01. The Balaban J connectivity index is 3.00. The van der Waals surface area contributed by atoms with Crippen LogP contribution in [0.15, 0.2) is 24.3 Å². The van der Waals surface area contributed by atoms with Gasteiger partial charge in [-0.3, -0.25) is 14.4 Å². The molecule has 0 saturated heterocycles. The maximum absolute atomic E-state index is 10.4. The third kappa shape index (κ3) is 1.93. The molecule has 0 fully saturated rings. The summed E-state index contributed by atoms with van der Waals surface area (Å²) >= 11 is 4.99. The van der Waals surface area contributed by atoms with E-state index < -0.39 is 4.92 Å². The van der Waals surface area contributed by atoms with E-state index in [1.54, 1.807) is 18.2 Å². The summed E-state index contributed by atoms with van der Waals surface area (Å²) in [5.74, 6) is 0. The number of nitro benzene ring substituents is 1. The van der Waals surface area contributed by atoms with Crippen molar-refractivity contribution in [2.45, 2.75) is 6.61 Å². The minimum atomic E-state index is -0.467. The summed E-state index contributed by atoms with van der Waals surface area (Å²) in [4.78, 5) is 9.94. The van der Waals surface area contributed by atoms with E-state index in [1.165, 1.54) is 6.07 Å². The maximum atomic E-state index is 10.4. The Hall–Kier alpha value is -1.13. The van der Waals surface area contributed by atoms with Crippen LogP contribution in [-0.4, -0.2) is 4.92 Å². The van der Waals surface area contributed by atoms with Crippen molar-refractivity contribution < 1.29 is 9.21 Å². The van der Waals surface area contributed by atoms with E-state index >= 15 is 0 Å². The molecule has 64 valence electrons. The molecule has 0 heterocycles. The van der Waals surface area contributed by atoms with Crippen molar-refractivity contribution in [1.29, 1.82) is 0 Å². The molecule has 0 aromatic heterocycles. The number of hydrogen-bond donors (Lipinski definition) is 0. The van der Waals surface area contributed by atoms with Crippen LogP contribution in [0.2, 0.25) is 0 Å². The van der Waals surface area contributed by atoms with Crippen LogP contribution < -0.4 is 0 Å². The van der Waals surface area contributed by atoms with Crippen molar-refractivity contribution >= 4 is 17.6 Å². The highest BCUT2D eigenvalue weighted by Crippen LogP contribution is 2.18. The summed E-state index contributed by atoms with van der Waals surface area (Å²) in [6, 6.07) is 6.29. The molecule has 5 heteroatoms. The van der Waals surface area contributed by atoms with Gasteiger partial charge in [0, 0.05) is 6.07 Å². The molecule has 0 unspecified atom stereocenters. The Bertz CT molecular complexity index is 290. The van der Waals surface area contributed by atoms with E-state index in [9.17, 15) is 10.1 Å². The average molecular weight is 188 g/mol. The Labute approximate surface area is 74.0 Å². The molecule has 1 rings (SSSR count). The van der Waals surface area contributed by atoms with E-state index in [0.29, 0.717) is 5.56 Å². The third-order valence-electron chi connectivity index (χ3n) is 1.40. The van der Waals surface area contributed by atoms with Crippen LogP contribution in [0.1, 0.15) is 5.56 Å². The third-order valence-corrected chi connectivity index (χ3v) is 1.51. The lowest BCUT2D eigenvalue weighted by molar-refractivity contribution is -0.385. The van der Waals surface area contributed by atoms with Gasteiger partial charge < -0.3 is 0 Å². The molecule has 0 aliphatic rings. The summed E-state index contributed by atoms with van der Waals surface area (Å²) in [5.41, 5.74) is 0.496. The molecule has 0 radical (unpaired) electrons. The van der Waals surface area contributed by atoms with Gasteiger partial charge in [0.15, 0.2) is 0 Å². The smallest absolute Gasteiger partial charge is 0.274 e. The van der Waals surface area contributed by atoms with Crippen molar-refractivity contribution in [1.82, 2.24) is 0 Å². The number of nitro groups is 1. The van der Waals surface area contributed by atoms with Gasteiger partial charge in [0.1, 0.15) is 6.61 Å². The second-order valence-electron chi connectivity index (χ2n) is 2.14. The van der Waals surface area contributed by atoms with Crippen molar-refractivity contribution in [3.8, 4) is 0 Å². The van der Waals surface area contributed by atoms with Gasteiger partial charge in [-0.25, -0.2) is 0 Å². The number of benzene rings is 1. The highest BCUT2D eigenvalue weighted by molar-refractivity contribution is 6.07. The van der Waals surface area contributed by atoms with E-state index in [0.717, 1.165) is 0 Å². The van der Waals surface area contributed by atoms with Gasteiger partial charge in [-0.1, -0.05) is 12.1 Å². The maximum Gasteiger partial charge on any atom is 0.274 e. The summed E-state index contributed by atoms with van der Waals surface area (Å²) in [6.45, 7) is 0.0404. The van der Waals surface area contributed by atoms with E-state index in [2.05, 4.69) is 4.29 Å². The van der Waals surface area contributed by atoms with Gasteiger partial charge in [0.25, 0.3) is 5.69 Å². The van der Waals surface area contributed by atoms with Crippen molar-refractivity contribution in [2.75, 3.05) is 0 Å². The number of hydrogen-bond acceptors (Lipinski definition) is 3. The molecule has 0 atom stereocenters. The number of rotatable bonds is 3. The SMILES string of the molecule is O=[N+]([O-])c1ccccc1COCl. The highest BCUT2D eigenvalue weighted by Gasteiger charge is 2.11. The van der Waals surface area contributed by atoms with Crippen LogP contribution in [0.25, 0.3) is 0 Å². The molecule has 12 heavy (non-hydrogen) atoms. The molecule has 0 spiro atoms. The van der Waals surface area contributed by atoms with Gasteiger partial charge in [0.05, 0.1) is 22.4 Å². The Morgan fingerprint density at radius 2 is 2.17 bits per heavy atom. The minimum absolute atomic E-state index is 0.0261. The second-order valence-corrected chi connectivity index (χ2v) is 2.36. The molecule has 0 aliphatic carbocycles. The van der Waals surface area contributed by atoms with Gasteiger partial charge in [0.2, 0.25) is 0 Å². The predicted octanol–water partition coefficient (Wildman–Crippen LogP) is 2.27. The number of nitrogens with zero attached hydrogens (tertiary/aromatic N) is 1. The van der Waals surface area contributed by atoms with Crippen LogP contribution >= 0.6 is 11.9 Å². The zero-order chi connectivity index (χ0) is 8.97. The monoisotopic (exact) mass is 187 g/mol. The molecular formula is C7H6ClNO3. The first kappa shape index (κ1) is 8.96. The molecule has 0 N–H and O–H groups in total. The summed E-state index contributed by atoms with van der Waals surface area (Å²) in [5, 5.41) is 10.4. The van der Waals surface area contributed by atoms with Crippen LogP contribution in [0, 0.1) is 10.1 Å². The van der Waals surface area contributed by atoms with Crippen LogP contribution in [0.5, 0.6) is 0 Å². The topological polar surface area (TPSA) is 52.4 Å². The Morgan fingerprint density at radius 3 is 2.75 bits per heavy atom. The second kappa shape index (κ2) is 4.04. The molecule has 1 aromatic rings. The first-order valence-electron chi connectivity index (χ1n) is 3.21.